The molecule has 0 saturated heterocycles. The first-order valence-corrected chi connectivity index (χ1v) is 24.8. The van der Waals surface area contributed by atoms with E-state index in [-0.39, 0.29) is 30.9 Å². The molecule has 6 aromatic rings. The number of carbonyl (C=O) groups is 1. The summed E-state index contributed by atoms with van der Waals surface area (Å²) in [5.41, 5.74) is 9.99. The Morgan fingerprint density at radius 1 is 0.692 bits per heavy atom. The third-order valence-corrected chi connectivity index (χ3v) is 15.4. The number of nitrogens with zero attached hydrogens (tertiary/aromatic N) is 4. The average molecular weight is 735 g/mol. The van der Waals surface area contributed by atoms with Crippen molar-refractivity contribution < 1.29 is 28.8 Å². The Morgan fingerprint density at radius 2 is 1.31 bits per heavy atom. The molecule has 0 saturated carbocycles. The minimum absolute atomic E-state index is 0.0433. The Labute approximate surface area is 306 Å². The van der Waals surface area contributed by atoms with Gasteiger partial charge in [0.05, 0.1) is 27.2 Å². The van der Waals surface area contributed by atoms with Gasteiger partial charge in [-0.2, -0.15) is 9.97 Å². The van der Waals surface area contributed by atoms with E-state index in [9.17, 15) is 9.90 Å². The van der Waals surface area contributed by atoms with Crippen LogP contribution in [-0.2, 0) is 27.7 Å². The molecule has 1 aliphatic carbocycles. The van der Waals surface area contributed by atoms with Crippen LogP contribution in [0.2, 0.25) is 39.3 Å². The van der Waals surface area contributed by atoms with Gasteiger partial charge >= 0.3 is 12.0 Å². The Kier molecular flexibility index (Phi) is 9.36. The van der Waals surface area contributed by atoms with E-state index in [1.807, 2.05) is 28.8 Å². The minimum atomic E-state index is -1.61. The monoisotopic (exact) mass is 734 g/mol. The third kappa shape index (κ3) is 6.79. The van der Waals surface area contributed by atoms with Gasteiger partial charge in [0.1, 0.15) is 24.5 Å². The van der Waals surface area contributed by atoms with Crippen molar-refractivity contribution in [1.29, 1.82) is 0 Å². The quantitative estimate of drug-likeness (QED) is 0.110. The zero-order chi connectivity index (χ0) is 36.9. The van der Waals surface area contributed by atoms with Crippen LogP contribution in [0.15, 0.2) is 78.9 Å². The molecule has 0 amide bonds. The van der Waals surface area contributed by atoms with Gasteiger partial charge < -0.3 is 24.1 Å². The fraction of sp³-hybridized carbons (Fsp3) is 0.325. The normalized spacial score (nSPS) is 13.8. The molecule has 0 spiro atoms. The lowest BCUT2D eigenvalue weighted by molar-refractivity contribution is -0.139. The first-order chi connectivity index (χ1) is 24.7. The fourth-order valence-electron chi connectivity index (χ4n) is 6.12. The molecule has 2 unspecified atom stereocenters. The summed E-state index contributed by atoms with van der Waals surface area (Å²) in [5.74, 6) is -0.642. The Morgan fingerprint density at radius 3 is 1.96 bits per heavy atom. The standard InChI is InChI=1S/C40H46N4O6Si2/c1-25(51(3,4)5)48-23-43-32-15-12-16-34(37(32)41-39(43)47-22-35(45)46)50-40-42-38-33(44(40)24-49-26(2)52(6,7)8)20-19-30-29-18-17-28(21-31(29)36(30)38)27-13-10-9-11-14-27/h9-21,25-26H,22-24H2,1-8H3,(H,45,46). The number of carboxylic acids is 1. The number of aromatic nitrogens is 4. The van der Waals surface area contributed by atoms with Crippen LogP contribution in [0.1, 0.15) is 13.8 Å². The average Bonchev–Trinajstić information content (AvgIpc) is 3.63. The van der Waals surface area contributed by atoms with Gasteiger partial charge in [0.25, 0.3) is 6.01 Å². The number of para-hydroxylation sites is 1. The first kappa shape index (κ1) is 35.6. The molecule has 0 fully saturated rings. The van der Waals surface area contributed by atoms with Crippen LogP contribution >= 0.6 is 0 Å². The van der Waals surface area contributed by atoms with Crippen molar-refractivity contribution in [2.24, 2.45) is 0 Å². The summed E-state index contributed by atoms with van der Waals surface area (Å²) in [5, 5.41) is 9.40. The SMILES string of the molecule is CC(OCn1c(OCC(=O)O)nc2c(Oc3nc4c5c(ccc4n3COC(C)[Si](C)(C)C)-c3ccc(-c4ccccc4)cc3-5)cccc21)[Si](C)(C)C. The van der Waals surface area contributed by atoms with Crippen LogP contribution in [-0.4, -0.2) is 64.4 Å². The van der Waals surface area contributed by atoms with E-state index >= 15 is 0 Å². The molecule has 2 aromatic heterocycles. The summed E-state index contributed by atoms with van der Waals surface area (Å²) in [6, 6.07) is 27.4. The van der Waals surface area contributed by atoms with E-state index in [1.54, 1.807) is 4.57 Å². The molecular formula is C40H46N4O6Si2. The molecule has 12 heteroatoms. The van der Waals surface area contributed by atoms with Crippen molar-refractivity contribution >= 4 is 44.2 Å². The van der Waals surface area contributed by atoms with E-state index in [2.05, 4.69) is 108 Å². The van der Waals surface area contributed by atoms with Gasteiger partial charge in [-0.05, 0) is 65.9 Å². The molecule has 0 bridgehead atoms. The molecule has 2 heterocycles. The van der Waals surface area contributed by atoms with Gasteiger partial charge in [-0.1, -0.05) is 93.9 Å². The Balaban J connectivity index is 1.31. The molecule has 1 aliphatic rings. The molecule has 0 aliphatic heterocycles. The number of rotatable bonds is 14. The topological polar surface area (TPSA) is 110 Å². The summed E-state index contributed by atoms with van der Waals surface area (Å²) in [6.07, 6.45) is 0. The lowest BCUT2D eigenvalue weighted by Gasteiger charge is -2.26. The van der Waals surface area contributed by atoms with E-state index in [0.29, 0.717) is 22.8 Å². The molecular weight excluding hydrogens is 689 g/mol. The highest BCUT2D eigenvalue weighted by Crippen LogP contribution is 2.52. The largest absolute Gasteiger partial charge is 0.479 e. The first-order valence-electron chi connectivity index (χ1n) is 17.7. The summed E-state index contributed by atoms with van der Waals surface area (Å²) >= 11 is 0. The summed E-state index contributed by atoms with van der Waals surface area (Å²) in [6.45, 7) is 17.7. The predicted octanol–water partition coefficient (Wildman–Crippen LogP) is 9.44. The second kappa shape index (κ2) is 13.7. The number of carboxylic acid groups (broad SMARTS) is 1. The molecule has 7 rings (SSSR count). The highest BCUT2D eigenvalue weighted by Gasteiger charge is 2.31. The van der Waals surface area contributed by atoms with Gasteiger partial charge in [-0.3, -0.25) is 9.13 Å². The van der Waals surface area contributed by atoms with Crippen LogP contribution in [0.25, 0.3) is 55.4 Å². The number of benzene rings is 4. The molecule has 0 radical (unpaired) electrons. The number of hydrogen-bond acceptors (Lipinski definition) is 7. The van der Waals surface area contributed by atoms with E-state index in [1.165, 1.54) is 5.56 Å². The van der Waals surface area contributed by atoms with Gasteiger partial charge in [-0.15, -0.1) is 0 Å². The smallest absolute Gasteiger partial charge is 0.341 e. The maximum absolute atomic E-state index is 11.5. The Bertz CT molecular complexity index is 2290. The Hall–Kier alpha value is -4.76. The highest BCUT2D eigenvalue weighted by molar-refractivity contribution is 6.77. The van der Waals surface area contributed by atoms with Gasteiger partial charge in [-0.25, -0.2) is 4.79 Å². The lowest BCUT2D eigenvalue weighted by atomic mass is 9.78. The molecule has 4 aromatic carbocycles. The van der Waals surface area contributed by atoms with Crippen molar-refractivity contribution in [3.8, 4) is 51.2 Å². The third-order valence-electron chi connectivity index (χ3n) is 10.2. The van der Waals surface area contributed by atoms with Crippen LogP contribution in [0.5, 0.6) is 17.8 Å². The number of imidazole rings is 2. The van der Waals surface area contributed by atoms with Gasteiger partial charge in [0.2, 0.25) is 0 Å². The number of ether oxygens (including phenoxy) is 4. The number of fused-ring (bicyclic) bond motifs is 7. The molecule has 2 atom stereocenters. The van der Waals surface area contributed by atoms with Crippen molar-refractivity contribution in [2.75, 3.05) is 6.61 Å². The second-order valence-corrected chi connectivity index (χ2v) is 26.7. The molecule has 270 valence electrons. The summed E-state index contributed by atoms with van der Waals surface area (Å²) in [4.78, 5) is 21.4. The number of hydrogen-bond donors (Lipinski definition) is 1. The van der Waals surface area contributed by atoms with Crippen molar-refractivity contribution in [3.63, 3.8) is 0 Å². The fourth-order valence-corrected chi connectivity index (χ4v) is 7.27. The summed E-state index contributed by atoms with van der Waals surface area (Å²) < 4.78 is 28.9. The van der Waals surface area contributed by atoms with Gasteiger partial charge in [0, 0.05) is 17.0 Å². The zero-order valence-corrected chi connectivity index (χ0v) is 33.1. The number of aliphatic carboxylic acids is 1. The van der Waals surface area contributed by atoms with Crippen molar-refractivity contribution in [2.45, 2.75) is 78.0 Å². The van der Waals surface area contributed by atoms with Crippen molar-refractivity contribution in [3.05, 3.63) is 78.9 Å². The lowest BCUT2D eigenvalue weighted by Crippen LogP contribution is -2.38. The van der Waals surface area contributed by atoms with E-state index < -0.39 is 28.7 Å². The zero-order valence-electron chi connectivity index (χ0n) is 31.1. The highest BCUT2D eigenvalue weighted by atomic mass is 28.3. The summed E-state index contributed by atoms with van der Waals surface area (Å²) in [7, 11) is -3.22. The maximum atomic E-state index is 11.5. The second-order valence-electron chi connectivity index (χ2n) is 15.6. The molecule has 52 heavy (non-hydrogen) atoms. The maximum Gasteiger partial charge on any atom is 0.341 e. The van der Waals surface area contributed by atoms with E-state index in [4.69, 9.17) is 28.9 Å². The van der Waals surface area contributed by atoms with Crippen LogP contribution in [0.4, 0.5) is 0 Å². The van der Waals surface area contributed by atoms with Crippen LogP contribution in [0.3, 0.4) is 0 Å². The van der Waals surface area contributed by atoms with E-state index in [0.717, 1.165) is 38.9 Å². The molecule has 10 nitrogen and oxygen atoms in total. The van der Waals surface area contributed by atoms with Crippen LogP contribution < -0.4 is 9.47 Å². The van der Waals surface area contributed by atoms with Crippen molar-refractivity contribution in [1.82, 2.24) is 19.1 Å². The van der Waals surface area contributed by atoms with Crippen LogP contribution in [0, 0.1) is 0 Å². The molecule has 1 N–H and O–H groups in total. The predicted molar refractivity (Wildman–Crippen MR) is 210 cm³/mol. The van der Waals surface area contributed by atoms with Gasteiger partial charge in [0.15, 0.2) is 12.4 Å². The minimum Gasteiger partial charge on any atom is -0.479 e.